The van der Waals surface area contributed by atoms with Crippen molar-refractivity contribution in [2.45, 2.75) is 44.6 Å². The molecule has 2 spiro atoms. The Labute approximate surface area is 117 Å². The number of ether oxygens (including phenoxy) is 2. The molecule has 0 radical (unpaired) electrons. The predicted molar refractivity (Wildman–Crippen MR) is 67.8 cm³/mol. The van der Waals surface area contributed by atoms with Crippen LogP contribution in [0, 0.1) is 38.9 Å². The monoisotopic (exact) mass is 272 g/mol. The van der Waals surface area contributed by atoms with Gasteiger partial charge in [-0.25, -0.2) is 4.99 Å². The third-order valence-corrected chi connectivity index (χ3v) is 5.73. The van der Waals surface area contributed by atoms with Gasteiger partial charge in [-0.2, -0.15) is 10.5 Å². The van der Waals surface area contributed by atoms with Crippen LogP contribution in [-0.4, -0.2) is 24.5 Å². The Morgan fingerprint density at radius 1 is 1.30 bits per heavy atom. The summed E-state index contributed by atoms with van der Waals surface area (Å²) in [5.41, 5.74) is 3.54. The van der Waals surface area contributed by atoms with Gasteiger partial charge in [0.15, 0.2) is 5.41 Å². The fraction of sp³-hybridized carbons (Fsp3) is 0.786. The molecule has 1 saturated heterocycles. The standard InChI is InChI=1S/C14H16N4O2/c1-9-6-19-14(20-9)13(8-16)11(4-2-3-5-11)12(13,7-15)10(17)18-14/h9H,2-6H2,1H3,(H2,17,18)/t9-,12-,13+,14-/m0/s1. The van der Waals surface area contributed by atoms with Crippen LogP contribution in [0.2, 0.25) is 0 Å². The van der Waals surface area contributed by atoms with Gasteiger partial charge >= 0.3 is 0 Å². The third kappa shape index (κ3) is 0.804. The molecule has 4 atom stereocenters. The molecule has 2 aliphatic heterocycles. The second kappa shape index (κ2) is 3.16. The second-order valence-corrected chi connectivity index (χ2v) is 6.33. The van der Waals surface area contributed by atoms with Gasteiger partial charge in [0.2, 0.25) is 0 Å². The fourth-order valence-electron chi connectivity index (χ4n) is 5.06. The summed E-state index contributed by atoms with van der Waals surface area (Å²) in [5, 5.41) is 19.7. The van der Waals surface area contributed by atoms with Gasteiger partial charge in [-0.05, 0) is 19.8 Å². The minimum atomic E-state index is -1.37. The first-order chi connectivity index (χ1) is 9.56. The van der Waals surface area contributed by atoms with Crippen molar-refractivity contribution in [2.75, 3.05) is 6.61 Å². The Morgan fingerprint density at radius 2 is 2.00 bits per heavy atom. The van der Waals surface area contributed by atoms with Crippen molar-refractivity contribution in [1.29, 1.82) is 10.5 Å². The van der Waals surface area contributed by atoms with Crippen LogP contribution in [0.4, 0.5) is 0 Å². The quantitative estimate of drug-likeness (QED) is 0.709. The van der Waals surface area contributed by atoms with Gasteiger partial charge in [-0.1, -0.05) is 12.8 Å². The molecule has 6 nitrogen and oxygen atoms in total. The highest BCUT2D eigenvalue weighted by Gasteiger charge is 3.01. The molecular formula is C14H16N4O2. The van der Waals surface area contributed by atoms with Crippen LogP contribution in [-0.2, 0) is 9.47 Å². The zero-order valence-electron chi connectivity index (χ0n) is 11.3. The van der Waals surface area contributed by atoms with Crippen molar-refractivity contribution < 1.29 is 9.47 Å². The van der Waals surface area contributed by atoms with Crippen LogP contribution in [0.5, 0.6) is 0 Å². The van der Waals surface area contributed by atoms with Gasteiger partial charge < -0.3 is 15.2 Å². The Hall–Kier alpha value is -1.63. The van der Waals surface area contributed by atoms with Crippen molar-refractivity contribution >= 4 is 5.84 Å². The van der Waals surface area contributed by atoms with Gasteiger partial charge in [0.05, 0.1) is 24.8 Å². The van der Waals surface area contributed by atoms with E-state index in [1.54, 1.807) is 0 Å². The summed E-state index contributed by atoms with van der Waals surface area (Å²) in [6.45, 7) is 2.25. The van der Waals surface area contributed by atoms with E-state index in [1.165, 1.54) is 0 Å². The van der Waals surface area contributed by atoms with E-state index in [2.05, 4.69) is 17.1 Å². The van der Waals surface area contributed by atoms with E-state index >= 15 is 0 Å². The molecular weight excluding hydrogens is 256 g/mol. The largest absolute Gasteiger partial charge is 0.386 e. The maximum Gasteiger partial charge on any atom is 0.293 e. The molecule has 2 heterocycles. The Morgan fingerprint density at radius 3 is 2.50 bits per heavy atom. The van der Waals surface area contributed by atoms with Crippen LogP contribution in [0.15, 0.2) is 4.99 Å². The van der Waals surface area contributed by atoms with E-state index in [0.717, 1.165) is 25.7 Å². The first kappa shape index (κ1) is 12.1. The van der Waals surface area contributed by atoms with E-state index in [-0.39, 0.29) is 11.9 Å². The number of nitriles is 2. The number of hydrogen-bond donors (Lipinski definition) is 1. The Balaban J connectivity index is 1.96. The Bertz CT molecular complexity index is 612. The summed E-state index contributed by atoms with van der Waals surface area (Å²) in [4.78, 5) is 4.31. The van der Waals surface area contributed by atoms with Gasteiger partial charge in [-0.15, -0.1) is 0 Å². The first-order valence-corrected chi connectivity index (χ1v) is 7.06. The predicted octanol–water partition coefficient (Wildman–Crippen LogP) is 1.04. The second-order valence-electron chi connectivity index (χ2n) is 6.33. The number of nitrogens with two attached hydrogens (primary N) is 1. The molecule has 3 fully saturated rings. The van der Waals surface area contributed by atoms with E-state index in [9.17, 15) is 10.5 Å². The molecule has 0 bridgehead atoms. The summed E-state index contributed by atoms with van der Waals surface area (Å²) in [5.74, 6) is -1.15. The van der Waals surface area contributed by atoms with Crippen LogP contribution in [0.25, 0.3) is 0 Å². The van der Waals surface area contributed by atoms with Gasteiger partial charge in [0.25, 0.3) is 5.91 Å². The molecule has 2 aliphatic carbocycles. The fourth-order valence-corrected chi connectivity index (χ4v) is 5.06. The van der Waals surface area contributed by atoms with E-state index in [1.807, 2.05) is 6.92 Å². The van der Waals surface area contributed by atoms with Crippen LogP contribution < -0.4 is 5.73 Å². The van der Waals surface area contributed by atoms with Gasteiger partial charge in [0, 0.05) is 5.41 Å². The number of hydrogen-bond acceptors (Lipinski definition) is 6. The first-order valence-electron chi connectivity index (χ1n) is 7.06. The minimum Gasteiger partial charge on any atom is -0.386 e. The maximum atomic E-state index is 9.93. The van der Waals surface area contributed by atoms with Crippen LogP contribution in [0.1, 0.15) is 32.6 Å². The number of fused-ring (bicyclic) bond motifs is 4. The molecule has 2 saturated carbocycles. The van der Waals surface area contributed by atoms with Crippen LogP contribution >= 0.6 is 0 Å². The molecule has 0 unspecified atom stereocenters. The summed E-state index contributed by atoms with van der Waals surface area (Å²) in [6.07, 6.45) is 3.49. The van der Waals surface area contributed by atoms with E-state index in [0.29, 0.717) is 6.61 Å². The van der Waals surface area contributed by atoms with Crippen LogP contribution in [0.3, 0.4) is 0 Å². The lowest BCUT2D eigenvalue weighted by Crippen LogP contribution is -2.41. The average molecular weight is 272 g/mol. The normalized spacial score (nSPS) is 50.8. The highest BCUT2D eigenvalue weighted by molar-refractivity contribution is 6.00. The van der Waals surface area contributed by atoms with Crippen molar-refractivity contribution in [1.82, 2.24) is 0 Å². The minimum absolute atomic E-state index is 0.148. The molecule has 6 heteroatoms. The highest BCUT2D eigenvalue weighted by Crippen LogP contribution is 2.89. The van der Waals surface area contributed by atoms with Crippen molar-refractivity contribution in [2.24, 2.45) is 27.0 Å². The summed E-state index contributed by atoms with van der Waals surface area (Å²) in [7, 11) is 0. The van der Waals surface area contributed by atoms with Crippen molar-refractivity contribution in [3.05, 3.63) is 0 Å². The van der Waals surface area contributed by atoms with Gasteiger partial charge in [-0.3, -0.25) is 0 Å². The smallest absolute Gasteiger partial charge is 0.293 e. The number of aliphatic imine (C=N–C) groups is 1. The summed E-state index contributed by atoms with van der Waals surface area (Å²) in [6, 6.07) is 4.67. The number of nitrogens with zero attached hydrogens (tertiary/aromatic N) is 3. The SMILES string of the molecule is C[C@H]1CO[C@]2(N=C(N)[C@@]3(C#N)C4(CCCC4)[C@@]23C#N)O1. The lowest BCUT2D eigenvalue weighted by molar-refractivity contribution is -0.200. The summed E-state index contributed by atoms with van der Waals surface area (Å²) >= 11 is 0. The summed E-state index contributed by atoms with van der Waals surface area (Å²) < 4.78 is 11.7. The zero-order valence-corrected chi connectivity index (χ0v) is 11.3. The van der Waals surface area contributed by atoms with Crippen molar-refractivity contribution in [3.63, 3.8) is 0 Å². The molecule has 0 aromatic carbocycles. The molecule has 20 heavy (non-hydrogen) atoms. The lowest BCUT2D eigenvalue weighted by atomic mass is 9.88. The molecule has 0 aromatic rings. The molecule has 0 amide bonds. The number of rotatable bonds is 0. The molecule has 104 valence electrons. The van der Waals surface area contributed by atoms with Crippen molar-refractivity contribution in [3.8, 4) is 12.1 Å². The van der Waals surface area contributed by atoms with E-state index < -0.39 is 22.2 Å². The van der Waals surface area contributed by atoms with Gasteiger partial charge in [0.1, 0.15) is 11.3 Å². The van der Waals surface area contributed by atoms with E-state index in [4.69, 9.17) is 15.2 Å². The molecule has 4 aliphatic rings. The Kier molecular flexibility index (Phi) is 1.92. The highest BCUT2D eigenvalue weighted by atomic mass is 16.8. The zero-order chi connectivity index (χ0) is 14.2. The lowest BCUT2D eigenvalue weighted by Gasteiger charge is -2.29. The number of amidine groups is 1. The average Bonchev–Trinajstić information content (AvgIpc) is 2.83. The maximum absolute atomic E-state index is 9.93. The molecule has 4 rings (SSSR count). The third-order valence-electron chi connectivity index (χ3n) is 5.73. The molecule has 0 aromatic heterocycles. The molecule has 2 N–H and O–H groups in total. The topological polar surface area (TPSA) is 104 Å².